The maximum Gasteiger partial charge on any atom is 0.234 e. The van der Waals surface area contributed by atoms with Crippen LogP contribution in [0.4, 0.5) is 0 Å². The van der Waals surface area contributed by atoms with Crippen molar-refractivity contribution in [1.82, 2.24) is 25.1 Å². The molecule has 2 heterocycles. The van der Waals surface area contributed by atoms with E-state index < -0.39 is 0 Å². The van der Waals surface area contributed by atoms with Crippen LogP contribution in [0.25, 0.3) is 4.96 Å². The highest BCUT2D eigenvalue weighted by Gasteiger charge is 2.11. The molecule has 24 heavy (non-hydrogen) atoms. The molecule has 0 saturated heterocycles. The summed E-state index contributed by atoms with van der Waals surface area (Å²) >= 11 is 1.40. The molecular weight excluding hydrogens is 330 g/mol. The zero-order chi connectivity index (χ0) is 17.1. The van der Waals surface area contributed by atoms with Crippen molar-refractivity contribution < 1.29 is 14.3 Å². The van der Waals surface area contributed by atoms with Gasteiger partial charge >= 0.3 is 0 Å². The van der Waals surface area contributed by atoms with Crippen molar-refractivity contribution in [3.8, 4) is 11.5 Å². The molecule has 3 aromatic rings. The number of nitrogens with one attached hydrogen (secondary N) is 1. The molecule has 0 saturated carbocycles. The van der Waals surface area contributed by atoms with E-state index in [1.165, 1.54) is 11.3 Å². The number of benzene rings is 1. The smallest absolute Gasteiger partial charge is 0.234 e. The van der Waals surface area contributed by atoms with Gasteiger partial charge in [-0.05, 0) is 24.6 Å². The summed E-state index contributed by atoms with van der Waals surface area (Å²) in [5, 5.41) is 15.9. The van der Waals surface area contributed by atoms with Gasteiger partial charge < -0.3 is 14.8 Å². The minimum absolute atomic E-state index is 0.0927. The molecule has 0 aliphatic carbocycles. The van der Waals surface area contributed by atoms with Crippen LogP contribution >= 0.6 is 11.3 Å². The Kier molecular flexibility index (Phi) is 4.61. The van der Waals surface area contributed by atoms with Crippen LogP contribution in [-0.2, 0) is 17.8 Å². The number of aryl methyl sites for hydroxylation is 1. The first-order chi connectivity index (χ1) is 11.6. The van der Waals surface area contributed by atoms with E-state index >= 15 is 0 Å². The van der Waals surface area contributed by atoms with E-state index in [9.17, 15) is 4.79 Å². The van der Waals surface area contributed by atoms with Crippen LogP contribution in [0.1, 0.15) is 16.4 Å². The Morgan fingerprint density at radius 3 is 2.75 bits per heavy atom. The number of hydrogen-bond donors (Lipinski definition) is 1. The lowest BCUT2D eigenvalue weighted by Crippen LogP contribution is -2.24. The second-order valence-electron chi connectivity index (χ2n) is 5.08. The third-order valence-electron chi connectivity index (χ3n) is 3.44. The van der Waals surface area contributed by atoms with Crippen molar-refractivity contribution in [2.75, 3.05) is 14.2 Å². The van der Waals surface area contributed by atoms with Gasteiger partial charge in [0, 0.05) is 0 Å². The van der Waals surface area contributed by atoms with Gasteiger partial charge in [0.05, 0.1) is 27.2 Å². The number of fused-ring (bicyclic) bond motifs is 1. The highest BCUT2D eigenvalue weighted by molar-refractivity contribution is 7.16. The molecular formula is C15H17N5O3S. The molecule has 0 radical (unpaired) electrons. The number of carbonyl (C=O) groups excluding carboxylic acids is 1. The molecule has 3 rings (SSSR count). The number of carbonyl (C=O) groups is 1. The Hall–Kier alpha value is -2.68. The summed E-state index contributed by atoms with van der Waals surface area (Å²) in [5.74, 6) is 1.87. The summed E-state index contributed by atoms with van der Waals surface area (Å²) in [6.07, 6.45) is 0.253. The molecule has 0 bridgehead atoms. The fourth-order valence-corrected chi connectivity index (χ4v) is 3.06. The average Bonchev–Trinajstić information content (AvgIpc) is 3.14. The Bertz CT molecular complexity index is 873. The standard InChI is InChI=1S/C15H17N5O3S/c1-9-17-18-15-20(9)19-14(24-15)8-16-13(21)7-10-4-5-11(22-2)12(6-10)23-3/h4-6H,7-8H2,1-3H3,(H,16,21). The molecule has 8 nitrogen and oxygen atoms in total. The molecule has 9 heteroatoms. The summed E-state index contributed by atoms with van der Waals surface area (Å²) in [6, 6.07) is 5.42. The zero-order valence-corrected chi connectivity index (χ0v) is 14.4. The molecule has 0 spiro atoms. The molecule has 0 aliphatic heterocycles. The third kappa shape index (κ3) is 3.30. The van der Waals surface area contributed by atoms with Crippen LogP contribution in [0.2, 0.25) is 0 Å². The highest BCUT2D eigenvalue weighted by atomic mass is 32.1. The molecule has 1 N–H and O–H groups in total. The van der Waals surface area contributed by atoms with Crippen LogP contribution in [0, 0.1) is 6.92 Å². The summed E-state index contributed by atoms with van der Waals surface area (Å²) in [7, 11) is 3.14. The minimum Gasteiger partial charge on any atom is -0.493 e. The van der Waals surface area contributed by atoms with Gasteiger partial charge in [-0.15, -0.1) is 10.2 Å². The van der Waals surface area contributed by atoms with E-state index in [0.717, 1.165) is 21.4 Å². The van der Waals surface area contributed by atoms with Crippen LogP contribution in [0.5, 0.6) is 11.5 Å². The summed E-state index contributed by atoms with van der Waals surface area (Å²) in [5.41, 5.74) is 0.846. The first kappa shape index (κ1) is 16.2. The minimum atomic E-state index is -0.0927. The van der Waals surface area contributed by atoms with Gasteiger partial charge in [0.15, 0.2) is 17.3 Å². The van der Waals surface area contributed by atoms with E-state index in [0.29, 0.717) is 18.0 Å². The lowest BCUT2D eigenvalue weighted by atomic mass is 10.1. The van der Waals surface area contributed by atoms with Gasteiger partial charge in [0.2, 0.25) is 10.9 Å². The Balaban J connectivity index is 1.61. The first-order valence-electron chi connectivity index (χ1n) is 7.26. The van der Waals surface area contributed by atoms with E-state index in [1.54, 1.807) is 30.9 Å². The van der Waals surface area contributed by atoms with Crippen LogP contribution in [-0.4, -0.2) is 39.9 Å². The molecule has 0 aliphatic rings. The predicted molar refractivity (Wildman–Crippen MR) is 88.5 cm³/mol. The molecule has 0 atom stereocenters. The van der Waals surface area contributed by atoms with Crippen LogP contribution in [0.3, 0.4) is 0 Å². The second kappa shape index (κ2) is 6.83. The van der Waals surface area contributed by atoms with Gasteiger partial charge in [-0.2, -0.15) is 9.61 Å². The van der Waals surface area contributed by atoms with Crippen LogP contribution < -0.4 is 14.8 Å². The monoisotopic (exact) mass is 347 g/mol. The van der Waals surface area contributed by atoms with Crippen molar-refractivity contribution in [3.05, 3.63) is 34.6 Å². The van der Waals surface area contributed by atoms with Gasteiger partial charge in [-0.1, -0.05) is 17.4 Å². The topological polar surface area (TPSA) is 90.6 Å². The number of nitrogens with zero attached hydrogens (tertiary/aromatic N) is 4. The van der Waals surface area contributed by atoms with Gasteiger partial charge in [0.25, 0.3) is 0 Å². The third-order valence-corrected chi connectivity index (χ3v) is 4.34. The quantitative estimate of drug-likeness (QED) is 0.724. The molecule has 126 valence electrons. The SMILES string of the molecule is COc1ccc(CC(=O)NCc2nn3c(C)nnc3s2)cc1OC. The number of hydrogen-bond acceptors (Lipinski definition) is 7. The lowest BCUT2D eigenvalue weighted by Gasteiger charge is -2.09. The van der Waals surface area contributed by atoms with Crippen molar-refractivity contribution in [2.24, 2.45) is 0 Å². The highest BCUT2D eigenvalue weighted by Crippen LogP contribution is 2.27. The summed E-state index contributed by atoms with van der Waals surface area (Å²) in [4.78, 5) is 12.8. The van der Waals surface area contributed by atoms with Crippen molar-refractivity contribution in [2.45, 2.75) is 19.9 Å². The summed E-state index contributed by atoms with van der Waals surface area (Å²) in [6.45, 7) is 2.19. The van der Waals surface area contributed by atoms with E-state index in [1.807, 2.05) is 13.0 Å². The number of ether oxygens (including phenoxy) is 2. The normalized spacial score (nSPS) is 10.8. The Labute approximate surface area is 142 Å². The fourth-order valence-electron chi connectivity index (χ4n) is 2.24. The number of methoxy groups -OCH3 is 2. The van der Waals surface area contributed by atoms with E-state index in [2.05, 4.69) is 20.6 Å². The van der Waals surface area contributed by atoms with Crippen molar-refractivity contribution in [1.29, 1.82) is 0 Å². The molecule has 0 unspecified atom stereocenters. The number of rotatable bonds is 6. The van der Waals surface area contributed by atoms with Crippen molar-refractivity contribution >= 4 is 22.2 Å². The zero-order valence-electron chi connectivity index (χ0n) is 13.6. The maximum atomic E-state index is 12.1. The van der Waals surface area contributed by atoms with Crippen LogP contribution in [0.15, 0.2) is 18.2 Å². The molecule has 2 aromatic heterocycles. The first-order valence-corrected chi connectivity index (χ1v) is 8.07. The molecule has 0 fully saturated rings. The van der Waals surface area contributed by atoms with E-state index in [-0.39, 0.29) is 12.3 Å². The Morgan fingerprint density at radius 1 is 1.25 bits per heavy atom. The van der Waals surface area contributed by atoms with Gasteiger partial charge in [-0.3, -0.25) is 4.79 Å². The lowest BCUT2D eigenvalue weighted by molar-refractivity contribution is -0.120. The Morgan fingerprint density at radius 2 is 2.04 bits per heavy atom. The van der Waals surface area contributed by atoms with Gasteiger partial charge in [-0.25, -0.2) is 0 Å². The van der Waals surface area contributed by atoms with Gasteiger partial charge in [0.1, 0.15) is 5.01 Å². The molecule has 1 amide bonds. The average molecular weight is 347 g/mol. The maximum absolute atomic E-state index is 12.1. The number of amides is 1. The second-order valence-corrected chi connectivity index (χ2v) is 6.12. The van der Waals surface area contributed by atoms with Crippen molar-refractivity contribution in [3.63, 3.8) is 0 Å². The molecule has 1 aromatic carbocycles. The number of aromatic nitrogens is 4. The predicted octanol–water partition coefficient (Wildman–Crippen LogP) is 1.37. The van der Waals surface area contributed by atoms with E-state index in [4.69, 9.17) is 9.47 Å². The fraction of sp³-hybridized carbons (Fsp3) is 0.333. The largest absolute Gasteiger partial charge is 0.493 e. The summed E-state index contributed by atoms with van der Waals surface area (Å²) < 4.78 is 12.1.